The normalized spacial score (nSPS) is 13.0. The largest absolute Gasteiger partial charge is 0.383 e. The Labute approximate surface area is 68.1 Å². The number of rotatable bonds is 4. The van der Waals surface area contributed by atoms with E-state index in [2.05, 4.69) is 29.1 Å². The lowest BCUT2D eigenvalue weighted by Gasteiger charge is -1.96. The zero-order valence-corrected chi connectivity index (χ0v) is 7.66. The molecule has 11 heavy (non-hydrogen) atoms. The van der Waals surface area contributed by atoms with E-state index >= 15 is 0 Å². The molecule has 3 heteroatoms. The Morgan fingerprint density at radius 2 is 2.18 bits per heavy atom. The van der Waals surface area contributed by atoms with Gasteiger partial charge < -0.3 is 4.84 Å². The molecule has 0 amide bonds. The van der Waals surface area contributed by atoms with Crippen molar-refractivity contribution in [2.75, 3.05) is 7.11 Å². The first-order valence-corrected chi connectivity index (χ1v) is 3.77. The quantitative estimate of drug-likeness (QED) is 0.455. The van der Waals surface area contributed by atoms with Gasteiger partial charge in [0, 0.05) is 5.28 Å². The molecule has 0 aromatic heterocycles. The molecule has 0 aliphatic heterocycles. The van der Waals surface area contributed by atoms with Crippen LogP contribution < -0.4 is 0 Å². The van der Waals surface area contributed by atoms with Crippen molar-refractivity contribution in [3.63, 3.8) is 0 Å². The molecular formula is C8H16N2O. The molecule has 0 saturated carbocycles. The highest BCUT2D eigenvalue weighted by atomic mass is 16.6. The summed E-state index contributed by atoms with van der Waals surface area (Å²) < 4.78 is 0. The van der Waals surface area contributed by atoms with Gasteiger partial charge in [0.25, 0.3) is 0 Å². The minimum atomic E-state index is 0.669. The van der Waals surface area contributed by atoms with Crippen LogP contribution in [0.1, 0.15) is 27.2 Å². The van der Waals surface area contributed by atoms with Crippen LogP contribution in [0.25, 0.3) is 0 Å². The highest BCUT2D eigenvalue weighted by molar-refractivity contribution is 4.94. The van der Waals surface area contributed by atoms with Gasteiger partial charge in [-0.15, -0.1) is 5.11 Å². The summed E-state index contributed by atoms with van der Waals surface area (Å²) in [5.41, 5.74) is 0.903. The minimum Gasteiger partial charge on any atom is -0.383 e. The molecule has 0 spiro atoms. The molecule has 0 aliphatic rings. The summed E-state index contributed by atoms with van der Waals surface area (Å²) in [7, 11) is 1.49. The van der Waals surface area contributed by atoms with E-state index in [0.717, 1.165) is 12.1 Å². The van der Waals surface area contributed by atoms with Crippen molar-refractivity contribution in [2.45, 2.75) is 27.2 Å². The van der Waals surface area contributed by atoms with Gasteiger partial charge in [-0.05, 0) is 19.3 Å². The summed E-state index contributed by atoms with van der Waals surface area (Å²) in [6.07, 6.45) is 3.09. The standard InChI is InChI=1S/C8H16N2O/c1-7(2)5-6-8(3)9-10-11-4/h6-7H,5H2,1-4H3/b8-6-,10-9?. The first kappa shape index (κ1) is 10.1. The molecule has 0 N–H and O–H groups in total. The molecular weight excluding hydrogens is 140 g/mol. The van der Waals surface area contributed by atoms with Crippen molar-refractivity contribution >= 4 is 0 Å². The van der Waals surface area contributed by atoms with E-state index in [0.29, 0.717) is 5.92 Å². The molecule has 0 aromatic carbocycles. The topological polar surface area (TPSA) is 34.0 Å². The van der Waals surface area contributed by atoms with Crippen molar-refractivity contribution in [3.05, 3.63) is 11.8 Å². The number of hydrogen-bond acceptors (Lipinski definition) is 3. The lowest BCUT2D eigenvalue weighted by atomic mass is 10.1. The van der Waals surface area contributed by atoms with Gasteiger partial charge in [-0.2, -0.15) is 0 Å². The van der Waals surface area contributed by atoms with Crippen LogP contribution >= 0.6 is 0 Å². The maximum absolute atomic E-state index is 4.44. The van der Waals surface area contributed by atoms with E-state index in [4.69, 9.17) is 0 Å². The maximum Gasteiger partial charge on any atom is 0.108 e. The number of hydrogen-bond donors (Lipinski definition) is 0. The van der Waals surface area contributed by atoms with Crippen molar-refractivity contribution in [3.8, 4) is 0 Å². The van der Waals surface area contributed by atoms with E-state index in [1.165, 1.54) is 7.11 Å². The third-order valence-corrected chi connectivity index (χ3v) is 1.16. The highest BCUT2D eigenvalue weighted by Crippen LogP contribution is 2.05. The fraction of sp³-hybridized carbons (Fsp3) is 0.750. The van der Waals surface area contributed by atoms with Crippen molar-refractivity contribution in [2.24, 2.45) is 16.3 Å². The van der Waals surface area contributed by atoms with Gasteiger partial charge in [0.2, 0.25) is 0 Å². The molecule has 0 heterocycles. The van der Waals surface area contributed by atoms with E-state index in [1.807, 2.05) is 13.0 Å². The molecule has 0 aliphatic carbocycles. The zero-order chi connectivity index (χ0) is 8.69. The molecule has 0 unspecified atom stereocenters. The number of allylic oxidation sites excluding steroid dienone is 2. The van der Waals surface area contributed by atoms with Gasteiger partial charge >= 0.3 is 0 Å². The predicted molar refractivity (Wildman–Crippen MR) is 45.1 cm³/mol. The van der Waals surface area contributed by atoms with Crippen LogP contribution in [0.3, 0.4) is 0 Å². The van der Waals surface area contributed by atoms with Crippen molar-refractivity contribution < 1.29 is 4.84 Å². The Hall–Kier alpha value is -0.860. The van der Waals surface area contributed by atoms with Gasteiger partial charge in [-0.25, -0.2) is 0 Å². The Morgan fingerprint density at radius 1 is 1.55 bits per heavy atom. The van der Waals surface area contributed by atoms with Crippen LogP contribution in [0, 0.1) is 5.92 Å². The first-order chi connectivity index (χ1) is 5.16. The van der Waals surface area contributed by atoms with Crippen molar-refractivity contribution in [1.82, 2.24) is 0 Å². The second-order valence-electron chi connectivity index (χ2n) is 2.84. The molecule has 0 atom stereocenters. The molecule has 0 aromatic rings. The molecule has 0 bridgehead atoms. The van der Waals surface area contributed by atoms with E-state index in [9.17, 15) is 0 Å². The fourth-order valence-corrected chi connectivity index (χ4v) is 0.552. The summed E-state index contributed by atoms with van der Waals surface area (Å²) in [5.74, 6) is 0.669. The Balaban J connectivity index is 3.71. The highest BCUT2D eigenvalue weighted by Gasteiger charge is 1.89. The lowest BCUT2D eigenvalue weighted by Crippen LogP contribution is -1.82. The molecule has 0 radical (unpaired) electrons. The van der Waals surface area contributed by atoms with Crippen LogP contribution in [0.5, 0.6) is 0 Å². The Morgan fingerprint density at radius 3 is 2.64 bits per heavy atom. The lowest BCUT2D eigenvalue weighted by molar-refractivity contribution is 0.189. The van der Waals surface area contributed by atoms with Gasteiger partial charge in [-0.1, -0.05) is 19.9 Å². The van der Waals surface area contributed by atoms with Crippen LogP contribution in [0.2, 0.25) is 0 Å². The molecule has 0 fully saturated rings. The summed E-state index contributed by atoms with van der Waals surface area (Å²) in [6.45, 7) is 6.24. The van der Waals surface area contributed by atoms with Crippen LogP contribution in [0.4, 0.5) is 0 Å². The second kappa shape index (κ2) is 5.89. The number of nitrogens with zero attached hydrogens (tertiary/aromatic N) is 2. The second-order valence-corrected chi connectivity index (χ2v) is 2.84. The SMILES string of the molecule is CON=N/C(C)=C\CC(C)C. The maximum atomic E-state index is 4.44. The average Bonchev–Trinajstić information content (AvgIpc) is 1.97. The zero-order valence-electron chi connectivity index (χ0n) is 7.66. The summed E-state index contributed by atoms with van der Waals surface area (Å²) >= 11 is 0. The Kier molecular flexibility index (Phi) is 5.43. The summed E-state index contributed by atoms with van der Waals surface area (Å²) in [4.78, 5) is 4.44. The van der Waals surface area contributed by atoms with E-state index in [-0.39, 0.29) is 0 Å². The van der Waals surface area contributed by atoms with Crippen LogP contribution in [-0.4, -0.2) is 7.11 Å². The monoisotopic (exact) mass is 156 g/mol. The van der Waals surface area contributed by atoms with Crippen molar-refractivity contribution in [1.29, 1.82) is 0 Å². The smallest absolute Gasteiger partial charge is 0.108 e. The van der Waals surface area contributed by atoms with Gasteiger partial charge in [0.1, 0.15) is 7.11 Å². The van der Waals surface area contributed by atoms with Gasteiger partial charge in [0.15, 0.2) is 0 Å². The molecule has 0 rings (SSSR count). The average molecular weight is 156 g/mol. The van der Waals surface area contributed by atoms with E-state index < -0.39 is 0 Å². The van der Waals surface area contributed by atoms with Gasteiger partial charge in [0.05, 0.1) is 5.70 Å². The summed E-state index contributed by atoms with van der Waals surface area (Å²) in [6, 6.07) is 0. The van der Waals surface area contributed by atoms with Crippen LogP contribution in [0.15, 0.2) is 22.2 Å². The summed E-state index contributed by atoms with van der Waals surface area (Å²) in [5, 5.41) is 7.18. The Bertz CT molecular complexity index is 150. The fourth-order valence-electron chi connectivity index (χ4n) is 0.552. The molecule has 64 valence electrons. The first-order valence-electron chi connectivity index (χ1n) is 3.77. The predicted octanol–water partition coefficient (Wildman–Crippen LogP) is 2.95. The minimum absolute atomic E-state index is 0.669. The third kappa shape index (κ3) is 7.03. The third-order valence-electron chi connectivity index (χ3n) is 1.16. The van der Waals surface area contributed by atoms with Gasteiger partial charge in [-0.3, -0.25) is 0 Å². The van der Waals surface area contributed by atoms with E-state index in [1.54, 1.807) is 0 Å². The molecule has 3 nitrogen and oxygen atoms in total. The van der Waals surface area contributed by atoms with Crippen LogP contribution in [-0.2, 0) is 4.84 Å². The molecule has 0 saturated heterocycles.